The lowest BCUT2D eigenvalue weighted by molar-refractivity contribution is 0.0553. The quantitative estimate of drug-likeness (QED) is 0.468. The van der Waals surface area contributed by atoms with E-state index in [1.807, 2.05) is 13.8 Å². The third-order valence-electron chi connectivity index (χ3n) is 2.21. The maximum absolute atomic E-state index is 11.2. The Morgan fingerprint density at radius 2 is 2.06 bits per heavy atom. The van der Waals surface area contributed by atoms with Gasteiger partial charge < -0.3 is 15.2 Å². The average Bonchev–Trinajstić information content (AvgIpc) is 2.23. The Kier molecular flexibility index (Phi) is 4.97. The van der Waals surface area contributed by atoms with Gasteiger partial charge in [0, 0.05) is 17.3 Å². The van der Waals surface area contributed by atoms with Crippen molar-refractivity contribution in [2.75, 3.05) is 18.9 Å². The lowest BCUT2D eigenvalue weighted by Gasteiger charge is -2.10. The van der Waals surface area contributed by atoms with Crippen LogP contribution < -0.4 is 10.5 Å². The Balaban J connectivity index is 2.50. The Bertz CT molecular complexity index is 388. The molecular weight excluding hydrogens is 218 g/mol. The summed E-state index contributed by atoms with van der Waals surface area (Å²) in [5, 5.41) is 0. The second-order valence-electron chi connectivity index (χ2n) is 4.07. The van der Waals surface area contributed by atoms with E-state index >= 15 is 0 Å². The summed E-state index contributed by atoms with van der Waals surface area (Å²) in [5.41, 5.74) is 6.71. The molecule has 0 saturated heterocycles. The van der Waals surface area contributed by atoms with Gasteiger partial charge in [-0.1, -0.05) is 0 Å². The van der Waals surface area contributed by atoms with Gasteiger partial charge in [-0.3, -0.25) is 4.79 Å². The lowest BCUT2D eigenvalue weighted by atomic mass is 10.1. The number of benzene rings is 1. The summed E-state index contributed by atoms with van der Waals surface area (Å²) in [7, 11) is 0. The van der Waals surface area contributed by atoms with Gasteiger partial charge in [0.05, 0.1) is 12.7 Å². The predicted molar refractivity (Wildman–Crippen MR) is 67.4 cm³/mol. The predicted octanol–water partition coefficient (Wildman–Crippen LogP) is 2.28. The van der Waals surface area contributed by atoms with Gasteiger partial charge in [-0.2, -0.15) is 0 Å². The smallest absolute Gasteiger partial charge is 0.161 e. The van der Waals surface area contributed by atoms with Crippen molar-refractivity contribution < 1.29 is 14.3 Å². The van der Waals surface area contributed by atoms with E-state index in [0.717, 1.165) is 0 Å². The van der Waals surface area contributed by atoms with Gasteiger partial charge in [0.15, 0.2) is 5.78 Å². The Morgan fingerprint density at radius 1 is 1.35 bits per heavy atom. The van der Waals surface area contributed by atoms with Crippen molar-refractivity contribution in [1.82, 2.24) is 0 Å². The van der Waals surface area contributed by atoms with E-state index in [4.69, 9.17) is 15.2 Å². The number of hydrogen-bond acceptors (Lipinski definition) is 4. The number of ether oxygens (including phenoxy) is 2. The normalized spacial score (nSPS) is 10.6. The van der Waals surface area contributed by atoms with Crippen molar-refractivity contribution in [1.29, 1.82) is 0 Å². The van der Waals surface area contributed by atoms with Crippen LogP contribution in [0.5, 0.6) is 5.75 Å². The zero-order valence-electron chi connectivity index (χ0n) is 10.5. The number of carbonyl (C=O) groups is 1. The Hall–Kier alpha value is -1.55. The minimum absolute atomic E-state index is 0.0443. The van der Waals surface area contributed by atoms with E-state index < -0.39 is 0 Å². The third-order valence-corrected chi connectivity index (χ3v) is 2.21. The molecule has 0 atom stereocenters. The molecule has 0 radical (unpaired) electrons. The van der Waals surface area contributed by atoms with Crippen molar-refractivity contribution in [3.05, 3.63) is 23.8 Å². The number of ketones is 1. The van der Waals surface area contributed by atoms with Crippen LogP contribution in [-0.4, -0.2) is 25.1 Å². The van der Waals surface area contributed by atoms with Crippen LogP contribution in [0.25, 0.3) is 0 Å². The molecule has 0 spiro atoms. The number of hydrogen-bond donors (Lipinski definition) is 1. The topological polar surface area (TPSA) is 61.5 Å². The number of rotatable bonds is 6. The lowest BCUT2D eigenvalue weighted by Crippen LogP contribution is -2.11. The first-order valence-corrected chi connectivity index (χ1v) is 5.65. The molecule has 0 aliphatic carbocycles. The molecule has 2 N–H and O–H groups in total. The summed E-state index contributed by atoms with van der Waals surface area (Å²) >= 11 is 0. The van der Waals surface area contributed by atoms with E-state index in [0.29, 0.717) is 30.2 Å². The highest BCUT2D eigenvalue weighted by atomic mass is 16.5. The summed E-state index contributed by atoms with van der Waals surface area (Å²) in [6, 6.07) is 5.07. The van der Waals surface area contributed by atoms with Crippen LogP contribution in [0.15, 0.2) is 18.2 Å². The van der Waals surface area contributed by atoms with Gasteiger partial charge >= 0.3 is 0 Å². The number of anilines is 1. The summed E-state index contributed by atoms with van der Waals surface area (Å²) in [6.07, 6.45) is 0.198. The highest BCUT2D eigenvalue weighted by Crippen LogP contribution is 2.20. The van der Waals surface area contributed by atoms with E-state index in [2.05, 4.69) is 0 Å². The van der Waals surface area contributed by atoms with Crippen molar-refractivity contribution in [2.24, 2.45) is 0 Å². The summed E-state index contributed by atoms with van der Waals surface area (Å²) < 4.78 is 10.8. The molecule has 1 aromatic carbocycles. The molecule has 0 amide bonds. The van der Waals surface area contributed by atoms with Crippen molar-refractivity contribution in [3.8, 4) is 5.75 Å². The molecule has 0 fully saturated rings. The first-order chi connectivity index (χ1) is 8.00. The molecule has 1 aromatic rings. The first kappa shape index (κ1) is 13.5. The fraction of sp³-hybridized carbons (Fsp3) is 0.462. The molecular formula is C13H19NO3. The Labute approximate surface area is 102 Å². The van der Waals surface area contributed by atoms with Crippen molar-refractivity contribution in [3.63, 3.8) is 0 Å². The molecule has 4 heteroatoms. The van der Waals surface area contributed by atoms with E-state index in [1.165, 1.54) is 6.92 Å². The van der Waals surface area contributed by atoms with Crippen LogP contribution in [0.4, 0.5) is 5.69 Å². The molecule has 0 bridgehead atoms. The molecule has 17 heavy (non-hydrogen) atoms. The van der Waals surface area contributed by atoms with Crippen LogP contribution >= 0.6 is 0 Å². The van der Waals surface area contributed by atoms with Crippen molar-refractivity contribution >= 4 is 11.5 Å². The van der Waals surface area contributed by atoms with Gasteiger partial charge in [-0.25, -0.2) is 0 Å². The highest BCUT2D eigenvalue weighted by Gasteiger charge is 2.05. The molecule has 0 aliphatic rings. The maximum atomic E-state index is 11.2. The minimum Gasteiger partial charge on any atom is -0.491 e. The number of Topliss-reactive ketones (excluding diaryl/α,β-unsaturated/α-hetero) is 1. The monoisotopic (exact) mass is 237 g/mol. The number of carbonyl (C=O) groups excluding carboxylic acids is 1. The van der Waals surface area contributed by atoms with Gasteiger partial charge in [0.1, 0.15) is 12.4 Å². The zero-order valence-corrected chi connectivity index (χ0v) is 10.5. The summed E-state index contributed by atoms with van der Waals surface area (Å²) in [4.78, 5) is 11.2. The van der Waals surface area contributed by atoms with Crippen molar-refractivity contribution in [2.45, 2.75) is 26.9 Å². The summed E-state index contributed by atoms with van der Waals surface area (Å²) in [5.74, 6) is 0.608. The molecule has 0 aliphatic heterocycles. The maximum Gasteiger partial charge on any atom is 0.161 e. The van der Waals surface area contributed by atoms with E-state index in [1.54, 1.807) is 18.2 Å². The van der Waals surface area contributed by atoms with Gasteiger partial charge in [-0.05, 0) is 32.9 Å². The molecule has 0 aromatic heterocycles. The second-order valence-corrected chi connectivity index (χ2v) is 4.07. The third kappa shape index (κ3) is 4.44. The molecule has 0 unspecified atom stereocenters. The van der Waals surface area contributed by atoms with Crippen LogP contribution in [0.3, 0.4) is 0 Å². The minimum atomic E-state index is -0.0443. The SMILES string of the molecule is CC(=O)c1ccc(OCCOC(C)C)cc1N. The standard InChI is InChI=1S/C13H19NO3/c1-9(2)16-6-7-17-11-4-5-12(10(3)15)13(14)8-11/h4-5,8-9H,6-7,14H2,1-3H3. The molecule has 0 saturated carbocycles. The van der Waals surface area contributed by atoms with Crippen LogP contribution in [0.1, 0.15) is 31.1 Å². The van der Waals surface area contributed by atoms with Gasteiger partial charge in [-0.15, -0.1) is 0 Å². The Morgan fingerprint density at radius 3 is 2.59 bits per heavy atom. The molecule has 94 valence electrons. The zero-order chi connectivity index (χ0) is 12.8. The van der Waals surface area contributed by atoms with Gasteiger partial charge in [0.25, 0.3) is 0 Å². The van der Waals surface area contributed by atoms with Crippen LogP contribution in [0, 0.1) is 0 Å². The van der Waals surface area contributed by atoms with E-state index in [-0.39, 0.29) is 11.9 Å². The van der Waals surface area contributed by atoms with E-state index in [9.17, 15) is 4.79 Å². The average molecular weight is 237 g/mol. The molecule has 0 heterocycles. The molecule has 1 rings (SSSR count). The number of nitrogen functional groups attached to an aromatic ring is 1. The largest absolute Gasteiger partial charge is 0.491 e. The fourth-order valence-electron chi connectivity index (χ4n) is 1.39. The second kappa shape index (κ2) is 6.25. The first-order valence-electron chi connectivity index (χ1n) is 5.65. The van der Waals surface area contributed by atoms with Gasteiger partial charge in [0.2, 0.25) is 0 Å². The number of nitrogens with two attached hydrogens (primary N) is 1. The fourth-order valence-corrected chi connectivity index (χ4v) is 1.39. The van der Waals surface area contributed by atoms with Crippen LogP contribution in [-0.2, 0) is 4.74 Å². The highest BCUT2D eigenvalue weighted by molar-refractivity contribution is 5.99. The summed E-state index contributed by atoms with van der Waals surface area (Å²) in [6.45, 7) is 6.44. The molecule has 4 nitrogen and oxygen atoms in total. The van der Waals surface area contributed by atoms with Crippen LogP contribution in [0.2, 0.25) is 0 Å².